The highest BCUT2D eigenvalue weighted by Gasteiger charge is 2.07. The summed E-state index contributed by atoms with van der Waals surface area (Å²) in [6.45, 7) is 3.13. The molecule has 0 atom stereocenters. The lowest BCUT2D eigenvalue weighted by Gasteiger charge is -2.10. The number of halogens is 3. The molecule has 0 aromatic heterocycles. The second-order valence-corrected chi connectivity index (χ2v) is 5.00. The van der Waals surface area contributed by atoms with Gasteiger partial charge in [0.25, 0.3) is 0 Å². The number of rotatable bonds is 5. The highest BCUT2D eigenvalue weighted by Crippen LogP contribution is 2.27. The summed E-state index contributed by atoms with van der Waals surface area (Å²) in [6, 6.07) is 10.8. The van der Waals surface area contributed by atoms with Crippen LogP contribution in [0.5, 0.6) is 5.75 Å². The van der Waals surface area contributed by atoms with Crippen LogP contribution >= 0.6 is 23.2 Å². The first-order valence-electron chi connectivity index (χ1n) is 6.20. The lowest BCUT2D eigenvalue weighted by atomic mass is 10.2. The Bertz CT molecular complexity index is 581. The van der Waals surface area contributed by atoms with Gasteiger partial charge in [0.05, 0.1) is 16.7 Å². The van der Waals surface area contributed by atoms with E-state index in [9.17, 15) is 4.39 Å². The Hall–Kier alpha value is -1.45. The maximum Gasteiger partial charge on any atom is 0.160 e. The molecule has 0 amide bonds. The summed E-state index contributed by atoms with van der Waals surface area (Å²) in [6.07, 6.45) is 0. The smallest absolute Gasteiger partial charge is 0.160 e. The fraction of sp³-hybridized carbons (Fsp3) is 0.200. The van der Waals surface area contributed by atoms with Crippen LogP contribution in [0.25, 0.3) is 0 Å². The standard InChI is InChI=1S/C15H14Cl2FNO/c1-2-20-12-5-3-4-10(6-12)9-19-11-7-13(16)15(18)14(17)8-11/h3-8,19H,2,9H2,1H3. The summed E-state index contributed by atoms with van der Waals surface area (Å²) in [5, 5.41) is 3.15. The molecule has 20 heavy (non-hydrogen) atoms. The Kier molecular flexibility index (Phi) is 5.10. The highest BCUT2D eigenvalue weighted by atomic mass is 35.5. The quantitative estimate of drug-likeness (QED) is 0.771. The molecule has 0 unspecified atom stereocenters. The van der Waals surface area contributed by atoms with Crippen molar-refractivity contribution in [3.8, 4) is 5.75 Å². The molecule has 0 saturated heterocycles. The van der Waals surface area contributed by atoms with E-state index >= 15 is 0 Å². The van der Waals surface area contributed by atoms with Gasteiger partial charge >= 0.3 is 0 Å². The molecule has 2 aromatic rings. The average Bonchev–Trinajstić information content (AvgIpc) is 2.43. The molecule has 0 aliphatic rings. The van der Waals surface area contributed by atoms with Crippen LogP contribution in [0.2, 0.25) is 10.0 Å². The van der Waals surface area contributed by atoms with Crippen molar-refractivity contribution in [3.63, 3.8) is 0 Å². The Morgan fingerprint density at radius 2 is 1.85 bits per heavy atom. The molecule has 0 aliphatic carbocycles. The summed E-state index contributed by atoms with van der Waals surface area (Å²) < 4.78 is 18.7. The molecule has 0 spiro atoms. The summed E-state index contributed by atoms with van der Waals surface area (Å²) in [5.41, 5.74) is 1.72. The fourth-order valence-electron chi connectivity index (χ4n) is 1.77. The monoisotopic (exact) mass is 313 g/mol. The minimum absolute atomic E-state index is 0.00284. The van der Waals surface area contributed by atoms with Crippen molar-refractivity contribution in [3.05, 3.63) is 57.8 Å². The highest BCUT2D eigenvalue weighted by molar-refractivity contribution is 6.35. The third-order valence-corrected chi connectivity index (χ3v) is 3.24. The van der Waals surface area contributed by atoms with Crippen LogP contribution < -0.4 is 10.1 Å². The number of anilines is 1. The van der Waals surface area contributed by atoms with Gasteiger partial charge in [-0.15, -0.1) is 0 Å². The molecule has 0 bridgehead atoms. The Morgan fingerprint density at radius 3 is 2.50 bits per heavy atom. The summed E-state index contributed by atoms with van der Waals surface area (Å²) in [5.74, 6) is 0.221. The third-order valence-electron chi connectivity index (χ3n) is 2.69. The van der Waals surface area contributed by atoms with Gasteiger partial charge in [0, 0.05) is 12.2 Å². The van der Waals surface area contributed by atoms with Gasteiger partial charge in [0.1, 0.15) is 5.75 Å². The molecule has 2 rings (SSSR count). The molecular formula is C15H14Cl2FNO. The molecule has 0 saturated carbocycles. The van der Waals surface area contributed by atoms with Crippen molar-refractivity contribution < 1.29 is 9.13 Å². The van der Waals surface area contributed by atoms with E-state index in [4.69, 9.17) is 27.9 Å². The molecule has 2 aromatic carbocycles. The van der Waals surface area contributed by atoms with Crippen molar-refractivity contribution >= 4 is 28.9 Å². The number of hydrogen-bond donors (Lipinski definition) is 1. The van der Waals surface area contributed by atoms with Crippen molar-refractivity contribution in [2.75, 3.05) is 11.9 Å². The van der Waals surface area contributed by atoms with Crippen molar-refractivity contribution in [1.82, 2.24) is 0 Å². The average molecular weight is 314 g/mol. The van der Waals surface area contributed by atoms with Crippen molar-refractivity contribution in [1.29, 1.82) is 0 Å². The van der Waals surface area contributed by atoms with E-state index in [1.165, 1.54) is 12.1 Å². The van der Waals surface area contributed by atoms with Crippen LogP contribution in [-0.4, -0.2) is 6.61 Å². The predicted molar refractivity (Wildman–Crippen MR) is 81.4 cm³/mol. The van der Waals surface area contributed by atoms with Crippen LogP contribution in [0.15, 0.2) is 36.4 Å². The molecular weight excluding hydrogens is 300 g/mol. The molecule has 106 valence electrons. The van der Waals surface area contributed by atoms with Gasteiger partial charge in [-0.1, -0.05) is 35.3 Å². The number of nitrogens with one attached hydrogen (secondary N) is 1. The second kappa shape index (κ2) is 6.82. The Labute approximate surface area is 127 Å². The van der Waals surface area contributed by atoms with Crippen LogP contribution in [0.3, 0.4) is 0 Å². The number of benzene rings is 2. The van der Waals surface area contributed by atoms with E-state index < -0.39 is 5.82 Å². The topological polar surface area (TPSA) is 21.3 Å². The Balaban J connectivity index is 2.07. The second-order valence-electron chi connectivity index (χ2n) is 4.19. The van der Waals surface area contributed by atoms with E-state index in [1.807, 2.05) is 31.2 Å². The fourth-order valence-corrected chi connectivity index (χ4v) is 2.26. The van der Waals surface area contributed by atoms with Gasteiger partial charge in [-0.25, -0.2) is 4.39 Å². The van der Waals surface area contributed by atoms with Gasteiger partial charge in [0.2, 0.25) is 0 Å². The van der Waals surface area contributed by atoms with E-state index in [0.29, 0.717) is 18.8 Å². The predicted octanol–water partition coefficient (Wildman–Crippen LogP) is 5.14. The van der Waals surface area contributed by atoms with Gasteiger partial charge < -0.3 is 10.1 Å². The summed E-state index contributed by atoms with van der Waals surface area (Å²) >= 11 is 11.5. The third kappa shape index (κ3) is 3.78. The number of hydrogen-bond acceptors (Lipinski definition) is 2. The van der Waals surface area contributed by atoms with Crippen LogP contribution in [-0.2, 0) is 6.54 Å². The molecule has 2 nitrogen and oxygen atoms in total. The minimum atomic E-state index is -0.600. The van der Waals surface area contributed by atoms with Gasteiger partial charge in [0.15, 0.2) is 5.82 Å². The molecule has 0 aliphatic heterocycles. The van der Waals surface area contributed by atoms with E-state index in [-0.39, 0.29) is 10.0 Å². The zero-order valence-electron chi connectivity index (χ0n) is 10.9. The zero-order valence-corrected chi connectivity index (χ0v) is 12.4. The maximum absolute atomic E-state index is 13.3. The van der Waals surface area contributed by atoms with E-state index in [1.54, 1.807) is 0 Å². The van der Waals surface area contributed by atoms with Gasteiger partial charge in [-0.2, -0.15) is 0 Å². The first-order valence-corrected chi connectivity index (χ1v) is 6.96. The lowest BCUT2D eigenvalue weighted by Crippen LogP contribution is -2.00. The first kappa shape index (κ1) is 14.9. The maximum atomic E-state index is 13.3. The molecule has 5 heteroatoms. The minimum Gasteiger partial charge on any atom is -0.494 e. The zero-order chi connectivity index (χ0) is 14.5. The van der Waals surface area contributed by atoms with E-state index in [2.05, 4.69) is 5.32 Å². The largest absolute Gasteiger partial charge is 0.494 e. The first-order chi connectivity index (χ1) is 9.60. The molecule has 1 N–H and O–H groups in total. The summed E-state index contributed by atoms with van der Waals surface area (Å²) in [7, 11) is 0. The van der Waals surface area contributed by atoms with Gasteiger partial charge in [-0.3, -0.25) is 0 Å². The normalized spacial score (nSPS) is 10.4. The molecule has 0 fully saturated rings. The van der Waals surface area contributed by atoms with Crippen LogP contribution in [0.1, 0.15) is 12.5 Å². The van der Waals surface area contributed by atoms with E-state index in [0.717, 1.165) is 11.3 Å². The van der Waals surface area contributed by atoms with Gasteiger partial charge in [-0.05, 0) is 36.8 Å². The number of ether oxygens (including phenoxy) is 1. The van der Waals surface area contributed by atoms with Crippen LogP contribution in [0, 0.1) is 5.82 Å². The van der Waals surface area contributed by atoms with Crippen molar-refractivity contribution in [2.45, 2.75) is 13.5 Å². The molecule has 0 heterocycles. The summed E-state index contributed by atoms with van der Waals surface area (Å²) in [4.78, 5) is 0. The van der Waals surface area contributed by atoms with Crippen LogP contribution in [0.4, 0.5) is 10.1 Å². The molecule has 0 radical (unpaired) electrons. The SMILES string of the molecule is CCOc1cccc(CNc2cc(Cl)c(F)c(Cl)c2)c1. The Morgan fingerprint density at radius 1 is 1.15 bits per heavy atom. The lowest BCUT2D eigenvalue weighted by molar-refractivity contribution is 0.340. The van der Waals surface area contributed by atoms with Crippen molar-refractivity contribution in [2.24, 2.45) is 0 Å².